The topological polar surface area (TPSA) is 92.8 Å². The Bertz CT molecular complexity index is 1600. The predicted molar refractivity (Wildman–Crippen MR) is 139 cm³/mol. The van der Waals surface area contributed by atoms with Crippen LogP contribution in [-0.2, 0) is 22.9 Å². The maximum absolute atomic E-state index is 13.7. The second kappa shape index (κ2) is 9.91. The van der Waals surface area contributed by atoms with Gasteiger partial charge in [0.25, 0.3) is 11.8 Å². The summed E-state index contributed by atoms with van der Waals surface area (Å²) >= 11 is 0. The summed E-state index contributed by atoms with van der Waals surface area (Å²) in [5, 5.41) is 2.85. The van der Waals surface area contributed by atoms with Crippen LogP contribution in [0.2, 0.25) is 0 Å². The molecule has 0 saturated carbocycles. The SMILES string of the molecule is COc1ccccc1CNC(=O)c1ccc2c(c1)N(Cc1ccccc1)C(=O)c1ccccc1S2(=O)=O. The van der Waals surface area contributed by atoms with Gasteiger partial charge >= 0.3 is 0 Å². The number of para-hydroxylation sites is 1. The molecule has 1 aliphatic heterocycles. The minimum atomic E-state index is -4.01. The van der Waals surface area contributed by atoms with Gasteiger partial charge in [0.05, 0.1) is 34.7 Å². The number of rotatable bonds is 6. The molecule has 0 saturated heterocycles. The highest BCUT2D eigenvalue weighted by atomic mass is 32.2. The van der Waals surface area contributed by atoms with E-state index in [0.29, 0.717) is 5.75 Å². The Kier molecular flexibility index (Phi) is 6.50. The van der Waals surface area contributed by atoms with Crippen molar-refractivity contribution in [2.24, 2.45) is 0 Å². The van der Waals surface area contributed by atoms with Crippen molar-refractivity contribution in [3.05, 3.63) is 119 Å². The van der Waals surface area contributed by atoms with E-state index in [-0.39, 0.29) is 39.7 Å². The minimum absolute atomic E-state index is 0.0250. The van der Waals surface area contributed by atoms with Crippen molar-refractivity contribution in [2.45, 2.75) is 22.9 Å². The molecular weight excluding hydrogens is 488 g/mol. The van der Waals surface area contributed by atoms with Crippen molar-refractivity contribution in [2.75, 3.05) is 12.0 Å². The number of fused-ring (bicyclic) bond motifs is 2. The predicted octanol–water partition coefficient (Wildman–Crippen LogP) is 4.62. The second-order valence-electron chi connectivity index (χ2n) is 8.55. The molecule has 0 atom stereocenters. The molecule has 7 nitrogen and oxygen atoms in total. The fourth-order valence-corrected chi connectivity index (χ4v) is 6.03. The highest BCUT2D eigenvalue weighted by molar-refractivity contribution is 7.91. The number of nitrogens with one attached hydrogen (secondary N) is 1. The molecule has 186 valence electrons. The molecule has 0 aromatic heterocycles. The Morgan fingerprint density at radius 3 is 2.35 bits per heavy atom. The van der Waals surface area contributed by atoms with Crippen LogP contribution in [0.5, 0.6) is 5.75 Å². The molecule has 0 fully saturated rings. The molecule has 1 N–H and O–H groups in total. The third-order valence-electron chi connectivity index (χ3n) is 6.27. The summed E-state index contributed by atoms with van der Waals surface area (Å²) in [6.45, 7) is 0.360. The van der Waals surface area contributed by atoms with Gasteiger partial charge in [-0.1, -0.05) is 60.7 Å². The fraction of sp³-hybridized carbons (Fsp3) is 0.103. The van der Waals surface area contributed by atoms with Gasteiger partial charge in [-0.25, -0.2) is 8.42 Å². The van der Waals surface area contributed by atoms with Crippen molar-refractivity contribution < 1.29 is 22.7 Å². The van der Waals surface area contributed by atoms with E-state index >= 15 is 0 Å². The molecule has 0 bridgehead atoms. The summed E-state index contributed by atoms with van der Waals surface area (Å²) in [5.41, 5.74) is 2.11. The van der Waals surface area contributed by atoms with Gasteiger partial charge in [0, 0.05) is 17.7 Å². The number of carbonyl (C=O) groups is 2. The van der Waals surface area contributed by atoms with Gasteiger partial charge in [0.15, 0.2) is 0 Å². The van der Waals surface area contributed by atoms with Crippen molar-refractivity contribution in [3.8, 4) is 5.75 Å². The van der Waals surface area contributed by atoms with Crippen LogP contribution in [0.3, 0.4) is 0 Å². The molecule has 0 spiro atoms. The van der Waals surface area contributed by atoms with Crippen LogP contribution in [0, 0.1) is 0 Å². The molecule has 0 aliphatic carbocycles. The summed E-state index contributed by atoms with van der Waals surface area (Å²) < 4.78 is 32.6. The lowest BCUT2D eigenvalue weighted by atomic mass is 10.1. The monoisotopic (exact) mass is 512 g/mol. The molecule has 1 aliphatic rings. The van der Waals surface area contributed by atoms with E-state index in [1.807, 2.05) is 48.5 Å². The van der Waals surface area contributed by atoms with Gasteiger partial charge in [0.2, 0.25) is 9.84 Å². The van der Waals surface area contributed by atoms with Crippen LogP contribution in [-0.4, -0.2) is 27.3 Å². The first-order chi connectivity index (χ1) is 17.9. The van der Waals surface area contributed by atoms with E-state index in [1.165, 1.54) is 35.2 Å². The number of methoxy groups -OCH3 is 1. The van der Waals surface area contributed by atoms with Crippen LogP contribution < -0.4 is 15.0 Å². The molecule has 37 heavy (non-hydrogen) atoms. The molecule has 1 heterocycles. The molecule has 8 heteroatoms. The van der Waals surface area contributed by atoms with Gasteiger partial charge in [-0.3, -0.25) is 9.59 Å². The summed E-state index contributed by atoms with van der Waals surface area (Å²) in [6.07, 6.45) is 0. The number of hydrogen-bond acceptors (Lipinski definition) is 5. The van der Waals surface area contributed by atoms with Gasteiger partial charge in [-0.15, -0.1) is 0 Å². The molecule has 4 aromatic rings. The van der Waals surface area contributed by atoms with E-state index < -0.39 is 21.7 Å². The van der Waals surface area contributed by atoms with Crippen LogP contribution >= 0.6 is 0 Å². The highest BCUT2D eigenvalue weighted by Gasteiger charge is 2.36. The second-order valence-corrected chi connectivity index (χ2v) is 10.4. The Balaban J connectivity index is 1.56. The first-order valence-electron chi connectivity index (χ1n) is 11.6. The van der Waals surface area contributed by atoms with E-state index in [1.54, 1.807) is 25.3 Å². The van der Waals surface area contributed by atoms with E-state index in [4.69, 9.17) is 4.74 Å². The lowest BCUT2D eigenvalue weighted by Gasteiger charge is -2.23. The molecule has 4 aromatic carbocycles. The Morgan fingerprint density at radius 2 is 1.57 bits per heavy atom. The quantitative estimate of drug-likeness (QED) is 0.407. The highest BCUT2D eigenvalue weighted by Crippen LogP contribution is 2.38. The summed E-state index contributed by atoms with van der Waals surface area (Å²) in [5.74, 6) is -0.207. The molecule has 0 unspecified atom stereocenters. The van der Waals surface area contributed by atoms with E-state index in [0.717, 1.165) is 11.1 Å². The smallest absolute Gasteiger partial charge is 0.259 e. The van der Waals surface area contributed by atoms with Gasteiger partial charge in [-0.05, 0) is 42.0 Å². The number of sulfone groups is 1. The Morgan fingerprint density at radius 1 is 0.865 bits per heavy atom. The van der Waals surface area contributed by atoms with Gasteiger partial charge in [-0.2, -0.15) is 0 Å². The van der Waals surface area contributed by atoms with Crippen LogP contribution in [0.1, 0.15) is 31.8 Å². The first kappa shape index (κ1) is 24.3. The molecule has 0 radical (unpaired) electrons. The number of hydrogen-bond donors (Lipinski definition) is 1. The molecule has 2 amide bonds. The van der Waals surface area contributed by atoms with Crippen LogP contribution in [0.25, 0.3) is 0 Å². The number of carbonyl (C=O) groups excluding carboxylic acids is 2. The van der Waals surface area contributed by atoms with Crippen LogP contribution in [0.15, 0.2) is 107 Å². The average Bonchev–Trinajstić information content (AvgIpc) is 3.00. The summed E-state index contributed by atoms with van der Waals surface area (Å²) in [6, 6.07) is 27.2. The zero-order valence-corrected chi connectivity index (χ0v) is 20.9. The van der Waals surface area contributed by atoms with Crippen molar-refractivity contribution in [1.82, 2.24) is 5.32 Å². The van der Waals surface area contributed by atoms with Crippen molar-refractivity contribution >= 4 is 27.3 Å². The average molecular weight is 513 g/mol. The Labute approximate surface area is 215 Å². The third-order valence-corrected chi connectivity index (χ3v) is 8.13. The Hall–Kier alpha value is -4.43. The summed E-state index contributed by atoms with van der Waals surface area (Å²) in [7, 11) is -2.45. The first-order valence-corrected chi connectivity index (χ1v) is 13.1. The lowest BCUT2D eigenvalue weighted by Crippen LogP contribution is -2.31. The number of anilines is 1. The largest absolute Gasteiger partial charge is 0.496 e. The zero-order chi connectivity index (χ0) is 26.0. The molecular formula is C29H24N2O5S. The maximum atomic E-state index is 13.7. The number of amides is 2. The van der Waals surface area contributed by atoms with Crippen molar-refractivity contribution in [1.29, 1.82) is 0 Å². The van der Waals surface area contributed by atoms with Gasteiger partial charge in [0.1, 0.15) is 5.75 Å². The van der Waals surface area contributed by atoms with E-state index in [2.05, 4.69) is 5.32 Å². The van der Waals surface area contributed by atoms with E-state index in [9.17, 15) is 18.0 Å². The van der Waals surface area contributed by atoms with Crippen LogP contribution in [0.4, 0.5) is 5.69 Å². The number of nitrogens with zero attached hydrogens (tertiary/aromatic N) is 1. The summed E-state index contributed by atoms with van der Waals surface area (Å²) in [4.78, 5) is 28.2. The normalized spacial score (nSPS) is 13.8. The minimum Gasteiger partial charge on any atom is -0.496 e. The standard InChI is InChI=1S/C29H24N2O5S/c1-36-25-13-7-5-11-22(25)18-30-28(32)21-15-16-27-24(17-21)31(19-20-9-3-2-4-10-20)29(33)23-12-6-8-14-26(23)37(27,34)35/h2-17H,18-19H2,1H3,(H,30,32). The number of benzene rings is 4. The third kappa shape index (κ3) is 4.59. The maximum Gasteiger partial charge on any atom is 0.259 e. The van der Waals surface area contributed by atoms with Crippen molar-refractivity contribution in [3.63, 3.8) is 0 Å². The van der Waals surface area contributed by atoms with Gasteiger partial charge < -0.3 is 15.0 Å². The zero-order valence-electron chi connectivity index (χ0n) is 20.0. The number of ether oxygens (including phenoxy) is 1. The lowest BCUT2D eigenvalue weighted by molar-refractivity contribution is 0.0947. The fourth-order valence-electron chi connectivity index (χ4n) is 4.40. The molecule has 5 rings (SSSR count).